The quantitative estimate of drug-likeness (QED) is 0.573. The van der Waals surface area contributed by atoms with Crippen molar-refractivity contribution in [1.82, 2.24) is 4.98 Å². The van der Waals surface area contributed by atoms with Gasteiger partial charge in [0, 0.05) is 16.0 Å². The smallest absolute Gasteiger partial charge is 0.264 e. The van der Waals surface area contributed by atoms with Crippen LogP contribution in [0.3, 0.4) is 0 Å². The highest BCUT2D eigenvalue weighted by molar-refractivity contribution is 7.14. The molecule has 140 valence electrons. The fourth-order valence-electron chi connectivity index (χ4n) is 2.39. The summed E-state index contributed by atoms with van der Waals surface area (Å²) in [6, 6.07) is 10.6. The molecule has 3 aromatic rings. The molecule has 2 aromatic carbocycles. The number of hydrogen-bond acceptors (Lipinski definition) is 5. The Kier molecular flexibility index (Phi) is 6.21. The van der Waals surface area contributed by atoms with Crippen LogP contribution in [0.2, 0.25) is 10.0 Å². The van der Waals surface area contributed by atoms with Gasteiger partial charge in [0.25, 0.3) is 5.91 Å². The first-order valence-electron chi connectivity index (χ1n) is 7.94. The number of aromatic nitrogens is 1. The van der Waals surface area contributed by atoms with Gasteiger partial charge < -0.3 is 9.47 Å². The van der Waals surface area contributed by atoms with Crippen molar-refractivity contribution in [3.63, 3.8) is 0 Å². The minimum absolute atomic E-state index is 0.183. The average molecular weight is 423 g/mol. The average Bonchev–Trinajstić information content (AvgIpc) is 3.09. The van der Waals surface area contributed by atoms with Gasteiger partial charge in [0.1, 0.15) is 11.5 Å². The first kappa shape index (κ1) is 19.5. The van der Waals surface area contributed by atoms with E-state index in [0.717, 1.165) is 22.6 Å². The third-order valence-electron chi connectivity index (χ3n) is 3.69. The number of benzene rings is 2. The molecule has 0 aliphatic carbocycles. The highest BCUT2D eigenvalue weighted by Gasteiger charge is 2.11. The molecule has 5 nitrogen and oxygen atoms in total. The predicted molar refractivity (Wildman–Crippen MR) is 109 cm³/mol. The maximum absolute atomic E-state index is 12.1. The van der Waals surface area contributed by atoms with Gasteiger partial charge in [-0.1, -0.05) is 23.2 Å². The lowest BCUT2D eigenvalue weighted by Crippen LogP contribution is -2.20. The number of anilines is 1. The molecule has 0 saturated heterocycles. The molecule has 0 unspecified atom stereocenters. The van der Waals surface area contributed by atoms with Crippen molar-refractivity contribution in [3.8, 4) is 22.8 Å². The minimum Gasteiger partial charge on any atom is -0.496 e. The molecule has 0 bridgehead atoms. The number of amides is 1. The van der Waals surface area contributed by atoms with Gasteiger partial charge in [-0.3, -0.25) is 10.1 Å². The number of aryl methyl sites for hydroxylation is 1. The molecule has 1 aromatic heterocycles. The summed E-state index contributed by atoms with van der Waals surface area (Å²) in [5.41, 5.74) is 2.75. The van der Waals surface area contributed by atoms with Crippen LogP contribution >= 0.6 is 34.5 Å². The van der Waals surface area contributed by atoms with E-state index in [-0.39, 0.29) is 12.5 Å². The second-order valence-electron chi connectivity index (χ2n) is 5.63. The third kappa shape index (κ3) is 4.91. The van der Waals surface area contributed by atoms with E-state index in [0.29, 0.717) is 20.9 Å². The summed E-state index contributed by atoms with van der Waals surface area (Å²) in [6.45, 7) is 1.79. The van der Waals surface area contributed by atoms with E-state index in [1.165, 1.54) is 11.3 Å². The Morgan fingerprint density at radius 2 is 1.96 bits per heavy atom. The number of ether oxygens (including phenoxy) is 2. The Morgan fingerprint density at radius 1 is 1.19 bits per heavy atom. The summed E-state index contributed by atoms with van der Waals surface area (Å²) in [7, 11) is 1.64. The molecule has 0 fully saturated rings. The first-order chi connectivity index (χ1) is 13.0. The summed E-state index contributed by atoms with van der Waals surface area (Å²) < 4.78 is 10.7. The topological polar surface area (TPSA) is 60.5 Å². The largest absolute Gasteiger partial charge is 0.496 e. The number of nitrogens with zero attached hydrogens (tertiary/aromatic N) is 1. The lowest BCUT2D eigenvalue weighted by atomic mass is 10.1. The molecule has 1 heterocycles. The Morgan fingerprint density at radius 3 is 2.67 bits per heavy atom. The number of hydrogen-bond donors (Lipinski definition) is 1. The highest BCUT2D eigenvalue weighted by Crippen LogP contribution is 2.29. The number of thiazole rings is 1. The van der Waals surface area contributed by atoms with Crippen molar-refractivity contribution >= 4 is 45.6 Å². The monoisotopic (exact) mass is 422 g/mol. The van der Waals surface area contributed by atoms with Gasteiger partial charge in [0.05, 0.1) is 17.8 Å². The molecule has 1 amide bonds. The van der Waals surface area contributed by atoms with Crippen LogP contribution in [-0.2, 0) is 4.79 Å². The molecule has 0 atom stereocenters. The van der Waals surface area contributed by atoms with E-state index in [2.05, 4.69) is 10.3 Å². The minimum atomic E-state index is -0.326. The number of halogens is 2. The maximum Gasteiger partial charge on any atom is 0.264 e. The zero-order valence-electron chi connectivity index (χ0n) is 14.6. The van der Waals surface area contributed by atoms with Gasteiger partial charge in [-0.15, -0.1) is 11.3 Å². The molecule has 0 radical (unpaired) electrons. The zero-order valence-corrected chi connectivity index (χ0v) is 16.9. The van der Waals surface area contributed by atoms with Gasteiger partial charge in [0.15, 0.2) is 11.7 Å². The number of carbonyl (C=O) groups is 1. The lowest BCUT2D eigenvalue weighted by Gasteiger charge is -2.07. The van der Waals surface area contributed by atoms with Crippen molar-refractivity contribution in [2.45, 2.75) is 6.92 Å². The van der Waals surface area contributed by atoms with Crippen LogP contribution in [0.5, 0.6) is 11.5 Å². The van der Waals surface area contributed by atoms with Gasteiger partial charge in [-0.2, -0.15) is 0 Å². The lowest BCUT2D eigenvalue weighted by molar-refractivity contribution is -0.118. The molecule has 0 spiro atoms. The molecular formula is C19H16Cl2N2O3S. The van der Waals surface area contributed by atoms with E-state index in [4.69, 9.17) is 32.7 Å². The van der Waals surface area contributed by atoms with Crippen LogP contribution in [0.4, 0.5) is 5.13 Å². The number of rotatable bonds is 6. The molecule has 0 aliphatic rings. The van der Waals surface area contributed by atoms with E-state index in [1.54, 1.807) is 25.3 Å². The summed E-state index contributed by atoms with van der Waals surface area (Å²) >= 11 is 13.2. The Bertz CT molecular complexity index is 975. The molecule has 3 rings (SSSR count). The van der Waals surface area contributed by atoms with Crippen molar-refractivity contribution in [2.75, 3.05) is 19.0 Å². The van der Waals surface area contributed by atoms with Crippen molar-refractivity contribution in [2.24, 2.45) is 0 Å². The molecule has 0 saturated carbocycles. The number of methoxy groups -OCH3 is 1. The fraction of sp³-hybridized carbons (Fsp3) is 0.158. The third-order valence-corrected chi connectivity index (χ3v) is 4.98. The summed E-state index contributed by atoms with van der Waals surface area (Å²) in [5.74, 6) is 0.887. The molecule has 1 N–H and O–H groups in total. The van der Waals surface area contributed by atoms with Crippen molar-refractivity contribution in [3.05, 3.63) is 57.4 Å². The van der Waals surface area contributed by atoms with Crippen molar-refractivity contribution < 1.29 is 14.3 Å². The molecule has 8 heteroatoms. The Labute approximate surface area is 170 Å². The van der Waals surface area contributed by atoms with E-state index >= 15 is 0 Å². The van der Waals surface area contributed by atoms with Crippen molar-refractivity contribution in [1.29, 1.82) is 0 Å². The summed E-state index contributed by atoms with van der Waals surface area (Å²) in [5, 5.41) is 5.95. The van der Waals surface area contributed by atoms with E-state index < -0.39 is 0 Å². The maximum atomic E-state index is 12.1. The SMILES string of the molecule is COc1ccc(-c2csc(NC(=O)COc3ccc(Cl)cc3Cl)n2)cc1C. The van der Waals surface area contributed by atoms with Gasteiger partial charge in [-0.05, 0) is 48.9 Å². The Hall–Kier alpha value is -2.28. The normalized spacial score (nSPS) is 10.5. The fourth-order valence-corrected chi connectivity index (χ4v) is 3.59. The second-order valence-corrected chi connectivity index (χ2v) is 7.34. The van der Waals surface area contributed by atoms with E-state index in [9.17, 15) is 4.79 Å². The number of nitrogens with one attached hydrogen (secondary N) is 1. The standard InChI is InChI=1S/C19H16Cl2N2O3S/c1-11-7-12(3-5-16(11)25-2)15-10-27-19(22-15)23-18(24)9-26-17-6-4-13(20)8-14(17)21/h3-8,10H,9H2,1-2H3,(H,22,23,24). The second kappa shape index (κ2) is 8.61. The predicted octanol–water partition coefficient (Wildman–Crippen LogP) is 5.45. The number of carbonyl (C=O) groups excluding carboxylic acids is 1. The molecule has 0 aliphatic heterocycles. The van der Waals surface area contributed by atoms with Gasteiger partial charge in [-0.25, -0.2) is 4.98 Å². The zero-order chi connectivity index (χ0) is 19.4. The Balaban J connectivity index is 1.61. The highest BCUT2D eigenvalue weighted by atomic mass is 35.5. The van der Waals surface area contributed by atoms with Crippen LogP contribution in [-0.4, -0.2) is 24.6 Å². The molecule has 27 heavy (non-hydrogen) atoms. The molecular weight excluding hydrogens is 407 g/mol. The van der Waals surface area contributed by atoms with Crippen LogP contribution in [0, 0.1) is 6.92 Å². The van der Waals surface area contributed by atoms with Crippen LogP contribution < -0.4 is 14.8 Å². The van der Waals surface area contributed by atoms with Crippen LogP contribution in [0.25, 0.3) is 11.3 Å². The van der Waals surface area contributed by atoms with Gasteiger partial charge in [0.2, 0.25) is 0 Å². The summed E-state index contributed by atoms with van der Waals surface area (Å²) in [4.78, 5) is 16.5. The van der Waals surface area contributed by atoms with Crippen LogP contribution in [0.15, 0.2) is 41.8 Å². The first-order valence-corrected chi connectivity index (χ1v) is 9.58. The van der Waals surface area contributed by atoms with E-state index in [1.807, 2.05) is 30.5 Å². The van der Waals surface area contributed by atoms with Gasteiger partial charge >= 0.3 is 0 Å². The van der Waals surface area contributed by atoms with Crippen LogP contribution in [0.1, 0.15) is 5.56 Å². The summed E-state index contributed by atoms with van der Waals surface area (Å²) in [6.07, 6.45) is 0.